The van der Waals surface area contributed by atoms with Gasteiger partial charge in [-0.05, 0) is 18.1 Å². The molecule has 0 fully saturated rings. The molecule has 1 rings (SSSR count). The molecule has 1 unspecified atom stereocenters. The minimum absolute atomic E-state index is 0. The van der Waals surface area contributed by atoms with E-state index in [1.54, 1.807) is 0 Å². The zero-order chi connectivity index (χ0) is 12.0. The Morgan fingerprint density at radius 2 is 2.12 bits per heavy atom. The van der Waals surface area contributed by atoms with Crippen LogP contribution in [0.25, 0.3) is 0 Å². The zero-order valence-electron chi connectivity index (χ0n) is 9.76. The van der Waals surface area contributed by atoms with Crippen molar-refractivity contribution in [2.24, 2.45) is 5.73 Å². The first kappa shape index (κ1) is 15.9. The Hall–Kier alpha value is -1.10. The number of halogens is 1. The average molecular weight is 260 g/mol. The number of aliphatic carboxylic acids is 1. The van der Waals surface area contributed by atoms with Gasteiger partial charge in [0.25, 0.3) is 0 Å². The lowest BCUT2D eigenvalue weighted by Gasteiger charge is -2.14. The first-order valence-electron chi connectivity index (χ1n) is 5.22. The summed E-state index contributed by atoms with van der Waals surface area (Å²) in [6.45, 7) is 2.54. The van der Waals surface area contributed by atoms with Crippen molar-refractivity contribution in [3.63, 3.8) is 0 Å². The van der Waals surface area contributed by atoms with E-state index in [0.29, 0.717) is 6.61 Å². The molecule has 1 aromatic rings. The number of benzene rings is 1. The Kier molecular flexibility index (Phi) is 7.54. The fraction of sp³-hybridized carbons (Fsp3) is 0.417. The molecule has 17 heavy (non-hydrogen) atoms. The van der Waals surface area contributed by atoms with Crippen LogP contribution in [0.2, 0.25) is 0 Å². The summed E-state index contributed by atoms with van der Waals surface area (Å²) in [6, 6.07) is 7.64. The highest BCUT2D eigenvalue weighted by Crippen LogP contribution is 2.15. The van der Waals surface area contributed by atoms with E-state index in [-0.39, 0.29) is 31.5 Å². The highest BCUT2D eigenvalue weighted by Gasteiger charge is 2.08. The number of nitrogens with two attached hydrogens (primary N) is 1. The molecule has 0 amide bonds. The Balaban J connectivity index is 0.00000256. The molecule has 0 aliphatic heterocycles. The number of carboxylic acids is 1. The summed E-state index contributed by atoms with van der Waals surface area (Å²) in [4.78, 5) is 10.3. The molecule has 0 saturated heterocycles. The zero-order valence-corrected chi connectivity index (χ0v) is 10.6. The Morgan fingerprint density at radius 1 is 1.47 bits per heavy atom. The van der Waals surface area contributed by atoms with E-state index in [4.69, 9.17) is 15.6 Å². The number of carboxylic acid groups (broad SMARTS) is 1. The van der Waals surface area contributed by atoms with Crippen LogP contribution in [-0.2, 0) is 9.53 Å². The molecule has 1 atom stereocenters. The summed E-state index contributed by atoms with van der Waals surface area (Å²) in [6.07, 6.45) is 0.0144. The van der Waals surface area contributed by atoms with E-state index in [1.807, 2.05) is 31.2 Å². The maximum atomic E-state index is 10.3. The smallest absolute Gasteiger partial charge is 0.305 e. The third kappa shape index (κ3) is 5.68. The monoisotopic (exact) mass is 259 g/mol. The molecule has 96 valence electrons. The lowest BCUT2D eigenvalue weighted by Crippen LogP contribution is -2.19. The molecule has 3 N–H and O–H groups in total. The Bertz CT molecular complexity index is 357. The fourth-order valence-corrected chi connectivity index (χ4v) is 1.46. The van der Waals surface area contributed by atoms with E-state index in [0.717, 1.165) is 11.1 Å². The van der Waals surface area contributed by atoms with Crippen LogP contribution in [0.5, 0.6) is 0 Å². The normalized spacial score (nSPS) is 11.6. The van der Waals surface area contributed by atoms with Crippen LogP contribution in [-0.4, -0.2) is 24.3 Å². The maximum Gasteiger partial charge on any atom is 0.305 e. The number of ether oxygens (including phenoxy) is 1. The second-order valence-electron chi connectivity index (χ2n) is 3.68. The highest BCUT2D eigenvalue weighted by molar-refractivity contribution is 5.85. The highest BCUT2D eigenvalue weighted by atomic mass is 35.5. The second kappa shape index (κ2) is 8.06. The predicted octanol–water partition coefficient (Wildman–Crippen LogP) is 1.91. The molecule has 0 bridgehead atoms. The molecular formula is C12H18ClNO3. The van der Waals surface area contributed by atoms with Crippen LogP contribution in [0.15, 0.2) is 24.3 Å². The number of hydrogen-bond acceptors (Lipinski definition) is 3. The van der Waals surface area contributed by atoms with E-state index in [9.17, 15) is 4.79 Å². The van der Waals surface area contributed by atoms with Crippen molar-refractivity contribution in [1.82, 2.24) is 0 Å². The van der Waals surface area contributed by atoms with Gasteiger partial charge in [-0.2, -0.15) is 0 Å². The first-order valence-corrected chi connectivity index (χ1v) is 5.22. The van der Waals surface area contributed by atoms with Crippen molar-refractivity contribution in [1.29, 1.82) is 0 Å². The number of carbonyl (C=O) groups is 1. The summed E-state index contributed by atoms with van der Waals surface area (Å²) < 4.78 is 5.21. The van der Waals surface area contributed by atoms with E-state index in [2.05, 4.69) is 0 Å². The van der Waals surface area contributed by atoms with Gasteiger partial charge in [-0.3, -0.25) is 4.79 Å². The van der Waals surface area contributed by atoms with Gasteiger partial charge < -0.3 is 15.6 Å². The molecule has 5 heteroatoms. The van der Waals surface area contributed by atoms with Gasteiger partial charge in [0.1, 0.15) is 0 Å². The third-order valence-electron chi connectivity index (χ3n) is 2.35. The lowest BCUT2D eigenvalue weighted by atomic mass is 10.0. The molecule has 0 heterocycles. The number of rotatable bonds is 6. The summed E-state index contributed by atoms with van der Waals surface area (Å²) in [5, 5.41) is 8.43. The van der Waals surface area contributed by atoms with Crippen LogP contribution >= 0.6 is 12.4 Å². The molecule has 0 spiro atoms. The van der Waals surface area contributed by atoms with E-state index in [1.165, 1.54) is 0 Å². The van der Waals surface area contributed by atoms with Crippen LogP contribution in [0.1, 0.15) is 23.6 Å². The maximum absolute atomic E-state index is 10.3. The van der Waals surface area contributed by atoms with Crippen molar-refractivity contribution in [2.45, 2.75) is 19.4 Å². The van der Waals surface area contributed by atoms with Crippen molar-refractivity contribution >= 4 is 18.4 Å². The van der Waals surface area contributed by atoms with Crippen molar-refractivity contribution in [2.75, 3.05) is 13.2 Å². The first-order chi connectivity index (χ1) is 7.61. The van der Waals surface area contributed by atoms with Gasteiger partial charge in [0, 0.05) is 0 Å². The van der Waals surface area contributed by atoms with Crippen LogP contribution < -0.4 is 5.73 Å². The number of hydrogen-bond donors (Lipinski definition) is 2. The minimum Gasteiger partial charge on any atom is -0.481 e. The van der Waals surface area contributed by atoms with Gasteiger partial charge in [-0.15, -0.1) is 12.4 Å². The van der Waals surface area contributed by atoms with Crippen molar-refractivity contribution in [3.05, 3.63) is 35.4 Å². The van der Waals surface area contributed by atoms with E-state index >= 15 is 0 Å². The molecule has 0 aromatic heterocycles. The summed E-state index contributed by atoms with van der Waals surface area (Å²) >= 11 is 0. The van der Waals surface area contributed by atoms with Gasteiger partial charge in [-0.25, -0.2) is 0 Å². The van der Waals surface area contributed by atoms with Crippen LogP contribution in [0.4, 0.5) is 0 Å². The third-order valence-corrected chi connectivity index (χ3v) is 2.35. The summed E-state index contributed by atoms with van der Waals surface area (Å²) in [5.74, 6) is -0.857. The molecule has 1 aromatic carbocycles. The molecule has 0 aliphatic carbocycles. The van der Waals surface area contributed by atoms with Gasteiger partial charge in [0.2, 0.25) is 0 Å². The van der Waals surface area contributed by atoms with Gasteiger partial charge in [0.15, 0.2) is 0 Å². The molecule has 0 radical (unpaired) electrons. The predicted molar refractivity (Wildman–Crippen MR) is 68.4 cm³/mol. The molecule has 0 aliphatic rings. The van der Waals surface area contributed by atoms with Gasteiger partial charge >= 0.3 is 5.97 Å². The number of aryl methyl sites for hydroxylation is 1. The Morgan fingerprint density at radius 3 is 2.71 bits per heavy atom. The summed E-state index contributed by atoms with van der Waals surface area (Å²) in [5.41, 5.74) is 8.10. The topological polar surface area (TPSA) is 72.5 Å². The molecule has 0 saturated carbocycles. The van der Waals surface area contributed by atoms with Crippen LogP contribution in [0, 0.1) is 6.92 Å². The molecule has 4 nitrogen and oxygen atoms in total. The van der Waals surface area contributed by atoms with Crippen LogP contribution in [0.3, 0.4) is 0 Å². The lowest BCUT2D eigenvalue weighted by molar-refractivity contribution is -0.138. The van der Waals surface area contributed by atoms with Crippen molar-refractivity contribution < 1.29 is 14.6 Å². The molecular weight excluding hydrogens is 242 g/mol. The van der Waals surface area contributed by atoms with E-state index < -0.39 is 5.97 Å². The summed E-state index contributed by atoms with van der Waals surface area (Å²) in [7, 11) is 0. The van der Waals surface area contributed by atoms with Gasteiger partial charge in [0.05, 0.1) is 25.7 Å². The second-order valence-corrected chi connectivity index (χ2v) is 3.68. The average Bonchev–Trinajstić information content (AvgIpc) is 2.24. The SMILES string of the molecule is Cc1ccccc1C(N)COCCC(=O)O.Cl. The van der Waals surface area contributed by atoms with Crippen molar-refractivity contribution in [3.8, 4) is 0 Å². The largest absolute Gasteiger partial charge is 0.481 e. The Labute approximate surface area is 107 Å². The minimum atomic E-state index is -0.857. The fourth-order valence-electron chi connectivity index (χ4n) is 1.46. The standard InChI is InChI=1S/C12H17NO3.ClH/c1-9-4-2-3-5-10(9)11(13)8-16-7-6-12(14)15;/h2-5,11H,6-8,13H2,1H3,(H,14,15);1H. The quantitative estimate of drug-likeness (QED) is 0.766. The van der Waals surface area contributed by atoms with Gasteiger partial charge in [-0.1, -0.05) is 24.3 Å².